The average Bonchev–Trinajstić information content (AvgIpc) is 2.49. The first kappa shape index (κ1) is 15.7. The van der Waals surface area contributed by atoms with Crippen molar-refractivity contribution in [3.05, 3.63) is 70.8 Å². The molecule has 2 nitrogen and oxygen atoms in total. The number of nitrogens with two attached hydrogens (primary N) is 1. The van der Waals surface area contributed by atoms with Crippen molar-refractivity contribution in [2.24, 2.45) is 5.73 Å². The zero-order valence-corrected chi connectivity index (χ0v) is 13.3. The number of likely N-dealkylation sites (N-methyl/N-ethyl adjacent to an activating group) is 1. The van der Waals surface area contributed by atoms with Gasteiger partial charge in [-0.05, 0) is 37.1 Å². The molecule has 0 saturated heterocycles. The fraction of sp³-hybridized carbons (Fsp3) is 0.368. The zero-order valence-electron chi connectivity index (χ0n) is 13.3. The van der Waals surface area contributed by atoms with Crippen molar-refractivity contribution in [2.45, 2.75) is 32.9 Å². The molecule has 1 unspecified atom stereocenters. The van der Waals surface area contributed by atoms with E-state index in [0.29, 0.717) is 6.54 Å². The average molecular weight is 282 g/mol. The zero-order chi connectivity index (χ0) is 15.2. The van der Waals surface area contributed by atoms with Crippen molar-refractivity contribution in [2.75, 3.05) is 13.6 Å². The standard InChI is InChI=1S/C19H26N2/c1-4-16-8-10-17(11-9-16)14-21(3)19(13-20)18-7-5-6-15(2)12-18/h5-12,19H,4,13-14,20H2,1-3H3. The molecule has 0 aromatic heterocycles. The first-order valence-corrected chi connectivity index (χ1v) is 7.68. The molecule has 1 atom stereocenters. The summed E-state index contributed by atoms with van der Waals surface area (Å²) in [6.45, 7) is 5.86. The minimum absolute atomic E-state index is 0.260. The lowest BCUT2D eigenvalue weighted by atomic mass is 10.0. The summed E-state index contributed by atoms with van der Waals surface area (Å²) in [6.07, 6.45) is 1.09. The van der Waals surface area contributed by atoms with Gasteiger partial charge in [0.15, 0.2) is 0 Å². The van der Waals surface area contributed by atoms with E-state index in [1.165, 1.54) is 22.3 Å². The Hall–Kier alpha value is -1.64. The van der Waals surface area contributed by atoms with E-state index in [4.69, 9.17) is 5.73 Å². The summed E-state index contributed by atoms with van der Waals surface area (Å²) >= 11 is 0. The van der Waals surface area contributed by atoms with Crippen LogP contribution in [0.5, 0.6) is 0 Å². The third-order valence-electron chi connectivity index (χ3n) is 4.05. The van der Waals surface area contributed by atoms with E-state index in [9.17, 15) is 0 Å². The molecule has 2 N–H and O–H groups in total. The summed E-state index contributed by atoms with van der Waals surface area (Å²) in [5.41, 5.74) is 11.3. The number of hydrogen-bond donors (Lipinski definition) is 1. The molecule has 0 fully saturated rings. The van der Waals surface area contributed by atoms with Crippen molar-refractivity contribution in [3.63, 3.8) is 0 Å². The fourth-order valence-electron chi connectivity index (χ4n) is 2.73. The molecular weight excluding hydrogens is 256 g/mol. The van der Waals surface area contributed by atoms with E-state index in [2.05, 4.69) is 74.3 Å². The van der Waals surface area contributed by atoms with Gasteiger partial charge in [-0.2, -0.15) is 0 Å². The highest BCUT2D eigenvalue weighted by Gasteiger charge is 2.15. The second-order valence-corrected chi connectivity index (χ2v) is 5.75. The highest BCUT2D eigenvalue weighted by molar-refractivity contribution is 5.26. The number of benzene rings is 2. The highest BCUT2D eigenvalue weighted by atomic mass is 15.1. The van der Waals surface area contributed by atoms with Crippen LogP contribution in [0, 0.1) is 6.92 Å². The Bertz CT molecular complexity index is 560. The van der Waals surface area contributed by atoms with E-state index in [-0.39, 0.29) is 6.04 Å². The number of aryl methyl sites for hydroxylation is 2. The van der Waals surface area contributed by atoms with Gasteiger partial charge < -0.3 is 5.73 Å². The molecule has 21 heavy (non-hydrogen) atoms. The Kier molecular flexibility index (Phi) is 5.54. The Balaban J connectivity index is 2.10. The maximum absolute atomic E-state index is 6.01. The second kappa shape index (κ2) is 7.39. The summed E-state index contributed by atoms with van der Waals surface area (Å²) in [4.78, 5) is 2.33. The molecule has 2 heteroatoms. The summed E-state index contributed by atoms with van der Waals surface area (Å²) in [5, 5.41) is 0. The van der Waals surface area contributed by atoms with E-state index >= 15 is 0 Å². The van der Waals surface area contributed by atoms with Crippen molar-refractivity contribution in [1.29, 1.82) is 0 Å². The van der Waals surface area contributed by atoms with Crippen LogP contribution < -0.4 is 5.73 Å². The molecule has 0 bridgehead atoms. The molecule has 2 aromatic rings. The van der Waals surface area contributed by atoms with Crippen LogP contribution in [-0.2, 0) is 13.0 Å². The first-order chi connectivity index (χ1) is 10.1. The molecule has 0 heterocycles. The van der Waals surface area contributed by atoms with Gasteiger partial charge in [-0.25, -0.2) is 0 Å². The molecule has 0 aliphatic carbocycles. The second-order valence-electron chi connectivity index (χ2n) is 5.75. The Morgan fingerprint density at radius 1 is 1.05 bits per heavy atom. The molecule has 0 amide bonds. The maximum Gasteiger partial charge on any atom is 0.0471 e. The predicted octanol–water partition coefficient (Wildman–Crippen LogP) is 3.69. The van der Waals surface area contributed by atoms with Gasteiger partial charge in [0.2, 0.25) is 0 Å². The highest BCUT2D eigenvalue weighted by Crippen LogP contribution is 2.21. The quantitative estimate of drug-likeness (QED) is 0.875. The maximum atomic E-state index is 6.01. The van der Waals surface area contributed by atoms with Crippen molar-refractivity contribution >= 4 is 0 Å². The van der Waals surface area contributed by atoms with Crippen LogP contribution >= 0.6 is 0 Å². The topological polar surface area (TPSA) is 29.3 Å². The third kappa shape index (κ3) is 4.16. The van der Waals surface area contributed by atoms with Crippen molar-refractivity contribution in [1.82, 2.24) is 4.90 Å². The Morgan fingerprint density at radius 3 is 2.29 bits per heavy atom. The minimum atomic E-state index is 0.260. The summed E-state index contributed by atoms with van der Waals surface area (Å²) in [7, 11) is 2.15. The van der Waals surface area contributed by atoms with Crippen LogP contribution in [0.25, 0.3) is 0 Å². The number of hydrogen-bond acceptors (Lipinski definition) is 2. The predicted molar refractivity (Wildman–Crippen MR) is 90.3 cm³/mol. The van der Waals surface area contributed by atoms with Gasteiger partial charge in [0, 0.05) is 19.1 Å². The lowest BCUT2D eigenvalue weighted by molar-refractivity contribution is 0.242. The SMILES string of the molecule is CCc1ccc(CN(C)C(CN)c2cccc(C)c2)cc1. The monoisotopic (exact) mass is 282 g/mol. The van der Waals surface area contributed by atoms with Crippen molar-refractivity contribution < 1.29 is 0 Å². The summed E-state index contributed by atoms with van der Waals surface area (Å²) < 4.78 is 0. The number of rotatable bonds is 6. The number of nitrogens with zero attached hydrogens (tertiary/aromatic N) is 1. The van der Waals surface area contributed by atoms with Gasteiger partial charge in [-0.1, -0.05) is 61.0 Å². The summed E-state index contributed by atoms with van der Waals surface area (Å²) in [5.74, 6) is 0. The molecule has 0 radical (unpaired) electrons. The molecule has 2 aromatic carbocycles. The third-order valence-corrected chi connectivity index (χ3v) is 4.05. The van der Waals surface area contributed by atoms with Gasteiger partial charge >= 0.3 is 0 Å². The van der Waals surface area contributed by atoms with Gasteiger partial charge in [-0.3, -0.25) is 4.90 Å². The van der Waals surface area contributed by atoms with Gasteiger partial charge in [0.1, 0.15) is 0 Å². The van der Waals surface area contributed by atoms with Crippen LogP contribution in [0.2, 0.25) is 0 Å². The van der Waals surface area contributed by atoms with Crippen molar-refractivity contribution in [3.8, 4) is 0 Å². The van der Waals surface area contributed by atoms with Crippen LogP contribution in [0.3, 0.4) is 0 Å². The molecule has 0 aliphatic rings. The molecule has 2 rings (SSSR count). The van der Waals surface area contributed by atoms with Crippen LogP contribution in [0.1, 0.15) is 35.2 Å². The lowest BCUT2D eigenvalue weighted by Gasteiger charge is -2.27. The minimum Gasteiger partial charge on any atom is -0.329 e. The van der Waals surface area contributed by atoms with Gasteiger partial charge in [0.25, 0.3) is 0 Å². The molecule has 0 saturated carbocycles. The van der Waals surface area contributed by atoms with Crippen LogP contribution in [0.4, 0.5) is 0 Å². The van der Waals surface area contributed by atoms with E-state index in [1.54, 1.807) is 0 Å². The van der Waals surface area contributed by atoms with Gasteiger partial charge in [-0.15, -0.1) is 0 Å². The van der Waals surface area contributed by atoms with E-state index < -0.39 is 0 Å². The first-order valence-electron chi connectivity index (χ1n) is 7.68. The lowest BCUT2D eigenvalue weighted by Crippen LogP contribution is -2.30. The largest absolute Gasteiger partial charge is 0.329 e. The molecular formula is C19H26N2. The van der Waals surface area contributed by atoms with E-state index in [1.807, 2.05) is 0 Å². The molecule has 0 aliphatic heterocycles. The molecule has 0 spiro atoms. The van der Waals surface area contributed by atoms with Gasteiger partial charge in [0.05, 0.1) is 0 Å². The Morgan fingerprint density at radius 2 is 1.71 bits per heavy atom. The molecule has 112 valence electrons. The fourth-order valence-corrected chi connectivity index (χ4v) is 2.73. The van der Waals surface area contributed by atoms with Crippen LogP contribution in [-0.4, -0.2) is 18.5 Å². The summed E-state index contributed by atoms with van der Waals surface area (Å²) in [6, 6.07) is 17.8. The smallest absolute Gasteiger partial charge is 0.0471 e. The Labute approximate surface area is 128 Å². The van der Waals surface area contributed by atoms with Crippen LogP contribution in [0.15, 0.2) is 48.5 Å². The van der Waals surface area contributed by atoms with E-state index in [0.717, 1.165) is 13.0 Å². The normalized spacial score (nSPS) is 12.6.